The van der Waals surface area contributed by atoms with E-state index in [9.17, 15) is 4.79 Å². The second-order valence-corrected chi connectivity index (χ2v) is 7.38. The van der Waals surface area contributed by atoms with Gasteiger partial charge < -0.3 is 10.1 Å². The maximum absolute atomic E-state index is 11.7. The second kappa shape index (κ2) is 6.55. The maximum atomic E-state index is 11.7. The van der Waals surface area contributed by atoms with E-state index in [1.807, 2.05) is 26.8 Å². The molecule has 2 N–H and O–H groups in total. The summed E-state index contributed by atoms with van der Waals surface area (Å²) in [7, 11) is 0. The number of anilines is 2. The van der Waals surface area contributed by atoms with Gasteiger partial charge in [0.15, 0.2) is 0 Å². The van der Waals surface area contributed by atoms with Gasteiger partial charge in [0, 0.05) is 6.04 Å². The molecule has 1 heterocycles. The molecule has 22 heavy (non-hydrogen) atoms. The van der Waals surface area contributed by atoms with Crippen LogP contribution in [0.25, 0.3) is 0 Å². The molecule has 2 rings (SSSR count). The molecular weight excluding hydrogens is 278 g/mol. The van der Waals surface area contributed by atoms with Crippen LogP contribution in [-0.2, 0) is 4.74 Å². The lowest BCUT2D eigenvalue weighted by atomic mass is 9.73. The van der Waals surface area contributed by atoms with Gasteiger partial charge in [0.1, 0.15) is 11.4 Å². The molecule has 1 amide bonds. The zero-order valence-corrected chi connectivity index (χ0v) is 14.1. The lowest BCUT2D eigenvalue weighted by molar-refractivity contribution is 0.0635. The van der Waals surface area contributed by atoms with Crippen molar-refractivity contribution in [3.05, 3.63) is 18.3 Å². The van der Waals surface area contributed by atoms with Gasteiger partial charge in [0.2, 0.25) is 0 Å². The first-order valence-electron chi connectivity index (χ1n) is 7.95. The van der Waals surface area contributed by atoms with Gasteiger partial charge in [0.25, 0.3) is 0 Å². The molecule has 1 aromatic heterocycles. The molecule has 1 aliphatic carbocycles. The molecule has 0 bridgehead atoms. The summed E-state index contributed by atoms with van der Waals surface area (Å²) in [5.74, 6) is 2.09. The summed E-state index contributed by atoms with van der Waals surface area (Å²) < 4.78 is 5.19. The third-order valence-electron chi connectivity index (χ3n) is 3.88. The molecule has 5 nitrogen and oxygen atoms in total. The largest absolute Gasteiger partial charge is 0.444 e. The van der Waals surface area contributed by atoms with Crippen LogP contribution < -0.4 is 10.6 Å². The first-order chi connectivity index (χ1) is 10.2. The molecule has 122 valence electrons. The Morgan fingerprint density at radius 1 is 1.32 bits per heavy atom. The van der Waals surface area contributed by atoms with E-state index in [4.69, 9.17) is 4.74 Å². The maximum Gasteiger partial charge on any atom is 0.413 e. The number of rotatable bonds is 4. The number of ether oxygens (including phenoxy) is 1. The molecule has 1 saturated carbocycles. The number of carbonyl (C=O) groups is 1. The van der Waals surface area contributed by atoms with Crippen LogP contribution in [0.1, 0.15) is 47.5 Å². The van der Waals surface area contributed by atoms with Crippen molar-refractivity contribution in [1.82, 2.24) is 4.98 Å². The van der Waals surface area contributed by atoms with Crippen molar-refractivity contribution < 1.29 is 9.53 Å². The Labute approximate surface area is 132 Å². The number of hydrogen-bond donors (Lipinski definition) is 2. The summed E-state index contributed by atoms with van der Waals surface area (Å²) in [4.78, 5) is 15.9. The summed E-state index contributed by atoms with van der Waals surface area (Å²) in [6.07, 6.45) is 3.69. The lowest BCUT2D eigenvalue weighted by Crippen LogP contribution is -2.37. The average Bonchev–Trinajstić information content (AvgIpc) is 2.32. The number of hydrogen-bond acceptors (Lipinski definition) is 4. The Morgan fingerprint density at radius 2 is 2.00 bits per heavy atom. The van der Waals surface area contributed by atoms with Crippen molar-refractivity contribution in [3.63, 3.8) is 0 Å². The summed E-state index contributed by atoms with van der Waals surface area (Å²) in [6, 6.07) is 4.26. The van der Waals surface area contributed by atoms with E-state index >= 15 is 0 Å². The van der Waals surface area contributed by atoms with E-state index in [1.165, 1.54) is 12.8 Å². The number of nitrogens with zero attached hydrogens (tertiary/aromatic N) is 1. The topological polar surface area (TPSA) is 63.2 Å². The Bertz CT molecular complexity index is 500. The minimum atomic E-state index is -0.511. The van der Waals surface area contributed by atoms with Gasteiger partial charge in [-0.3, -0.25) is 5.32 Å². The van der Waals surface area contributed by atoms with Crippen molar-refractivity contribution in [2.24, 2.45) is 11.8 Å². The SMILES string of the molecule is CC(C)C1CC(Nc2ccc(NC(=O)OC(C)(C)C)nc2)C1. The number of aromatic nitrogens is 1. The Hall–Kier alpha value is -1.78. The Morgan fingerprint density at radius 3 is 2.50 bits per heavy atom. The highest BCUT2D eigenvalue weighted by Gasteiger charge is 2.30. The number of pyridine rings is 1. The fourth-order valence-corrected chi connectivity index (χ4v) is 2.52. The molecule has 5 heteroatoms. The van der Waals surface area contributed by atoms with Crippen LogP contribution in [0.15, 0.2) is 18.3 Å². The predicted octanol–water partition coefficient (Wildman–Crippen LogP) is 4.28. The van der Waals surface area contributed by atoms with Crippen molar-refractivity contribution in [2.75, 3.05) is 10.6 Å². The standard InChI is InChI=1S/C17H27N3O2/c1-11(2)12-8-14(9-12)19-13-6-7-15(18-10-13)20-16(21)22-17(3,4)5/h6-7,10-12,14,19H,8-9H2,1-5H3,(H,18,20,21). The van der Waals surface area contributed by atoms with E-state index in [1.54, 1.807) is 12.3 Å². The Kier molecular flexibility index (Phi) is 4.94. The third kappa shape index (κ3) is 4.90. The molecule has 0 unspecified atom stereocenters. The van der Waals surface area contributed by atoms with Crippen LogP contribution in [-0.4, -0.2) is 22.7 Å². The van der Waals surface area contributed by atoms with E-state index in [2.05, 4.69) is 29.5 Å². The molecule has 0 radical (unpaired) electrons. The zero-order chi connectivity index (χ0) is 16.3. The van der Waals surface area contributed by atoms with Gasteiger partial charge in [-0.15, -0.1) is 0 Å². The second-order valence-electron chi connectivity index (χ2n) is 7.38. The van der Waals surface area contributed by atoms with Crippen LogP contribution in [0, 0.1) is 11.8 Å². The predicted molar refractivity (Wildman–Crippen MR) is 89.1 cm³/mol. The van der Waals surface area contributed by atoms with Gasteiger partial charge in [-0.25, -0.2) is 9.78 Å². The van der Waals surface area contributed by atoms with Crippen LogP contribution in [0.4, 0.5) is 16.3 Å². The zero-order valence-electron chi connectivity index (χ0n) is 14.1. The molecule has 0 atom stereocenters. The molecule has 1 aliphatic rings. The molecule has 0 aliphatic heterocycles. The van der Waals surface area contributed by atoms with Crippen LogP contribution in [0.2, 0.25) is 0 Å². The molecule has 1 aromatic rings. The Balaban J connectivity index is 1.80. The summed E-state index contributed by atoms with van der Waals surface area (Å²) in [5.41, 5.74) is 0.477. The fraction of sp³-hybridized carbons (Fsp3) is 0.647. The molecule has 0 aromatic carbocycles. The van der Waals surface area contributed by atoms with E-state index in [0.717, 1.165) is 17.5 Å². The van der Waals surface area contributed by atoms with E-state index in [0.29, 0.717) is 11.9 Å². The molecule has 0 spiro atoms. The molecular formula is C17H27N3O2. The van der Waals surface area contributed by atoms with Crippen LogP contribution >= 0.6 is 0 Å². The third-order valence-corrected chi connectivity index (χ3v) is 3.88. The fourth-order valence-electron chi connectivity index (χ4n) is 2.52. The smallest absolute Gasteiger partial charge is 0.413 e. The van der Waals surface area contributed by atoms with Crippen molar-refractivity contribution in [1.29, 1.82) is 0 Å². The summed E-state index contributed by atoms with van der Waals surface area (Å²) in [5, 5.41) is 6.10. The van der Waals surface area contributed by atoms with E-state index < -0.39 is 11.7 Å². The highest BCUT2D eigenvalue weighted by atomic mass is 16.6. The van der Waals surface area contributed by atoms with Crippen LogP contribution in [0.5, 0.6) is 0 Å². The van der Waals surface area contributed by atoms with Gasteiger partial charge in [0.05, 0.1) is 11.9 Å². The van der Waals surface area contributed by atoms with Crippen molar-refractivity contribution in [3.8, 4) is 0 Å². The first-order valence-corrected chi connectivity index (χ1v) is 7.95. The van der Waals surface area contributed by atoms with Crippen molar-refractivity contribution >= 4 is 17.6 Å². The van der Waals surface area contributed by atoms with Gasteiger partial charge >= 0.3 is 6.09 Å². The van der Waals surface area contributed by atoms with Gasteiger partial charge in [-0.2, -0.15) is 0 Å². The number of carbonyl (C=O) groups excluding carboxylic acids is 1. The number of nitrogens with one attached hydrogen (secondary N) is 2. The normalized spacial score (nSPS) is 21.2. The van der Waals surface area contributed by atoms with E-state index in [-0.39, 0.29) is 0 Å². The summed E-state index contributed by atoms with van der Waals surface area (Å²) in [6.45, 7) is 10.0. The quantitative estimate of drug-likeness (QED) is 0.871. The van der Waals surface area contributed by atoms with Gasteiger partial charge in [-0.05, 0) is 57.6 Å². The van der Waals surface area contributed by atoms with Crippen LogP contribution in [0.3, 0.4) is 0 Å². The van der Waals surface area contributed by atoms with Crippen molar-refractivity contribution in [2.45, 2.75) is 59.1 Å². The monoisotopic (exact) mass is 305 g/mol. The minimum Gasteiger partial charge on any atom is -0.444 e. The highest BCUT2D eigenvalue weighted by molar-refractivity contribution is 5.83. The molecule has 1 fully saturated rings. The minimum absolute atomic E-state index is 0.487. The average molecular weight is 305 g/mol. The molecule has 0 saturated heterocycles. The number of amides is 1. The highest BCUT2D eigenvalue weighted by Crippen LogP contribution is 2.35. The van der Waals surface area contributed by atoms with Gasteiger partial charge in [-0.1, -0.05) is 13.8 Å². The summed E-state index contributed by atoms with van der Waals surface area (Å²) >= 11 is 0. The lowest BCUT2D eigenvalue weighted by Gasteiger charge is -2.39. The first kappa shape index (κ1) is 16.6.